The number of furan rings is 1. The molecule has 1 aromatic heterocycles. The van der Waals surface area contributed by atoms with Crippen LogP contribution in [0.1, 0.15) is 40.2 Å². The van der Waals surface area contributed by atoms with Gasteiger partial charge in [-0.2, -0.15) is 0 Å². The van der Waals surface area contributed by atoms with Gasteiger partial charge in [-0.15, -0.1) is 0 Å². The Morgan fingerprint density at radius 2 is 1.87 bits per heavy atom. The van der Waals surface area contributed by atoms with Crippen molar-refractivity contribution >= 4 is 22.8 Å². The van der Waals surface area contributed by atoms with Gasteiger partial charge in [-0.25, -0.2) is 0 Å². The Labute approximate surface area is 181 Å². The Balaban J connectivity index is 2.01. The zero-order valence-electron chi connectivity index (χ0n) is 18.3. The number of nitrogens with two attached hydrogens (primary N) is 1. The van der Waals surface area contributed by atoms with Gasteiger partial charge < -0.3 is 25.5 Å². The maximum absolute atomic E-state index is 13.0. The first-order valence-electron chi connectivity index (χ1n) is 10.1. The molecule has 4 N–H and O–H groups in total. The molecule has 0 aliphatic carbocycles. The summed E-state index contributed by atoms with van der Waals surface area (Å²) >= 11 is 0. The van der Waals surface area contributed by atoms with E-state index in [1.54, 1.807) is 6.92 Å². The van der Waals surface area contributed by atoms with Crippen LogP contribution in [0, 0.1) is 6.92 Å². The van der Waals surface area contributed by atoms with E-state index in [-0.39, 0.29) is 6.04 Å². The van der Waals surface area contributed by atoms with Gasteiger partial charge in [0.2, 0.25) is 5.91 Å². The average molecular weight is 424 g/mol. The van der Waals surface area contributed by atoms with Crippen LogP contribution in [0.25, 0.3) is 11.0 Å². The second-order valence-electron chi connectivity index (χ2n) is 8.27. The number of amides is 2. The van der Waals surface area contributed by atoms with E-state index in [1.807, 2.05) is 50.5 Å². The first-order valence-corrected chi connectivity index (χ1v) is 10.1. The molecule has 0 radical (unpaired) electrons. The average Bonchev–Trinajstić information content (AvgIpc) is 3.07. The Hall–Kier alpha value is -3.16. The molecule has 0 saturated heterocycles. The number of nitrogens with one attached hydrogen (secondary N) is 1. The molecule has 0 aliphatic rings. The van der Waals surface area contributed by atoms with Gasteiger partial charge in [-0.1, -0.05) is 36.4 Å². The Kier molecular flexibility index (Phi) is 6.48. The van der Waals surface area contributed by atoms with Gasteiger partial charge in [-0.05, 0) is 57.6 Å². The third-order valence-corrected chi connectivity index (χ3v) is 5.64. The zero-order chi connectivity index (χ0) is 22.8. The number of primary amides is 1. The highest BCUT2D eigenvalue weighted by Crippen LogP contribution is 2.31. The summed E-state index contributed by atoms with van der Waals surface area (Å²) in [5.41, 5.74) is 6.95. The van der Waals surface area contributed by atoms with E-state index < -0.39 is 24.0 Å². The molecule has 7 heteroatoms. The normalized spacial score (nSPS) is 14.4. The lowest BCUT2D eigenvalue weighted by Crippen LogP contribution is -2.57. The number of nitrogens with zero attached hydrogens (tertiary/aromatic N) is 1. The molecule has 1 heterocycles. The lowest BCUT2D eigenvalue weighted by molar-refractivity contribution is -0.124. The summed E-state index contributed by atoms with van der Waals surface area (Å²) in [4.78, 5) is 26.9. The third-order valence-electron chi connectivity index (χ3n) is 5.64. The third kappa shape index (κ3) is 4.62. The van der Waals surface area contributed by atoms with Crippen molar-refractivity contribution < 1.29 is 19.1 Å². The smallest absolute Gasteiger partial charge is 0.256 e. The van der Waals surface area contributed by atoms with Crippen LogP contribution in [0.4, 0.5) is 0 Å². The number of aliphatic hydroxyl groups excluding tert-OH is 1. The fraction of sp³-hybridized carbons (Fsp3) is 0.333. The van der Waals surface area contributed by atoms with Gasteiger partial charge in [0, 0.05) is 11.4 Å². The Bertz CT molecular complexity index is 1090. The van der Waals surface area contributed by atoms with Crippen LogP contribution < -0.4 is 11.1 Å². The van der Waals surface area contributed by atoms with Crippen LogP contribution in [0.2, 0.25) is 0 Å². The number of carbonyl (C=O) groups is 2. The van der Waals surface area contributed by atoms with Gasteiger partial charge in [-0.3, -0.25) is 9.59 Å². The second kappa shape index (κ2) is 8.91. The quantitative estimate of drug-likeness (QED) is 0.516. The van der Waals surface area contributed by atoms with Crippen molar-refractivity contribution in [2.75, 3.05) is 20.7 Å². The molecule has 3 rings (SSSR count). The van der Waals surface area contributed by atoms with Crippen LogP contribution in [0.5, 0.6) is 0 Å². The molecule has 0 aliphatic heterocycles. The van der Waals surface area contributed by atoms with E-state index in [0.717, 1.165) is 12.0 Å². The summed E-state index contributed by atoms with van der Waals surface area (Å²) in [5.74, 6) is -0.905. The summed E-state index contributed by atoms with van der Waals surface area (Å²) < 4.78 is 5.79. The summed E-state index contributed by atoms with van der Waals surface area (Å²) in [6.45, 7) is 2.48. The maximum atomic E-state index is 13.0. The number of fused-ring (bicyclic) bond motifs is 1. The molecule has 2 aromatic carbocycles. The van der Waals surface area contributed by atoms with Crippen LogP contribution in [0.3, 0.4) is 0 Å². The Morgan fingerprint density at radius 1 is 1.19 bits per heavy atom. The predicted molar refractivity (Wildman–Crippen MR) is 120 cm³/mol. The molecule has 3 aromatic rings. The first-order chi connectivity index (χ1) is 14.7. The molecule has 2 atom stereocenters. The molecule has 0 fully saturated rings. The molecule has 1 unspecified atom stereocenters. The summed E-state index contributed by atoms with van der Waals surface area (Å²) in [6, 6.07) is 16.1. The fourth-order valence-corrected chi connectivity index (χ4v) is 3.66. The van der Waals surface area contributed by atoms with Crippen molar-refractivity contribution in [2.24, 2.45) is 5.73 Å². The van der Waals surface area contributed by atoms with Crippen molar-refractivity contribution in [1.29, 1.82) is 0 Å². The van der Waals surface area contributed by atoms with Crippen molar-refractivity contribution in [1.82, 2.24) is 10.2 Å². The van der Waals surface area contributed by atoms with E-state index in [4.69, 9.17) is 10.2 Å². The molecule has 0 spiro atoms. The highest BCUT2D eigenvalue weighted by Gasteiger charge is 2.34. The van der Waals surface area contributed by atoms with Crippen molar-refractivity contribution in [3.63, 3.8) is 0 Å². The number of likely N-dealkylation sites (N-methyl/N-ethyl adjacent to an activating group) is 1. The molecule has 164 valence electrons. The van der Waals surface area contributed by atoms with E-state index in [0.29, 0.717) is 22.3 Å². The van der Waals surface area contributed by atoms with Crippen molar-refractivity contribution in [2.45, 2.75) is 31.8 Å². The zero-order valence-corrected chi connectivity index (χ0v) is 18.3. The topological polar surface area (TPSA) is 109 Å². The minimum atomic E-state index is -1.57. The minimum Gasteiger partial charge on any atom is -0.461 e. The highest BCUT2D eigenvalue weighted by molar-refractivity contribution is 6.09. The largest absolute Gasteiger partial charge is 0.461 e. The lowest BCUT2D eigenvalue weighted by Gasteiger charge is -2.25. The van der Waals surface area contributed by atoms with Gasteiger partial charge in [0.15, 0.2) is 0 Å². The molecule has 0 saturated carbocycles. The van der Waals surface area contributed by atoms with Crippen LogP contribution in [-0.2, 0) is 11.2 Å². The van der Waals surface area contributed by atoms with Crippen molar-refractivity contribution in [3.05, 3.63) is 71.0 Å². The fourth-order valence-electron chi connectivity index (χ4n) is 3.66. The molecule has 2 amide bonds. The second-order valence-corrected chi connectivity index (χ2v) is 8.27. The Morgan fingerprint density at radius 3 is 2.45 bits per heavy atom. The number of benzene rings is 2. The van der Waals surface area contributed by atoms with Gasteiger partial charge in [0.05, 0.1) is 12.2 Å². The van der Waals surface area contributed by atoms with Crippen LogP contribution in [0.15, 0.2) is 52.9 Å². The van der Waals surface area contributed by atoms with E-state index in [2.05, 4.69) is 22.3 Å². The monoisotopic (exact) mass is 423 g/mol. The molecule has 0 bridgehead atoms. The predicted octanol–water partition coefficient (Wildman–Crippen LogP) is 2.55. The standard InChI is InChI=1S/C24H29N3O4/c1-15-21(22(29)26-24(2,14-28)23(25)30)18-13-17(10-11-20(18)31-15)19(27(3)4)12-16-8-6-5-7-9-16/h5-11,13,19,28H,12,14H2,1-4H3,(H2,25,30)(H,26,29)/t19?,24-/m0/s1. The molecule has 7 nitrogen and oxygen atoms in total. The summed E-state index contributed by atoms with van der Waals surface area (Å²) in [5, 5.41) is 12.8. The van der Waals surface area contributed by atoms with Gasteiger partial charge in [0.25, 0.3) is 5.91 Å². The number of hydrogen-bond acceptors (Lipinski definition) is 5. The minimum absolute atomic E-state index is 0.0891. The van der Waals surface area contributed by atoms with E-state index >= 15 is 0 Å². The first kappa shape index (κ1) is 22.5. The SMILES string of the molecule is Cc1oc2ccc(C(Cc3ccccc3)N(C)C)cc2c1C(=O)N[C@@](C)(CO)C(N)=O. The van der Waals surface area contributed by atoms with E-state index in [9.17, 15) is 14.7 Å². The number of aliphatic hydroxyl groups is 1. The van der Waals surface area contributed by atoms with Crippen LogP contribution >= 0.6 is 0 Å². The number of carbonyl (C=O) groups excluding carboxylic acids is 2. The summed E-state index contributed by atoms with van der Waals surface area (Å²) in [6.07, 6.45) is 0.808. The highest BCUT2D eigenvalue weighted by atomic mass is 16.3. The molecular weight excluding hydrogens is 394 g/mol. The van der Waals surface area contributed by atoms with Gasteiger partial charge >= 0.3 is 0 Å². The number of rotatable bonds is 8. The molecule has 31 heavy (non-hydrogen) atoms. The lowest BCUT2D eigenvalue weighted by atomic mass is 9.95. The van der Waals surface area contributed by atoms with Crippen molar-refractivity contribution in [3.8, 4) is 0 Å². The molecular formula is C24H29N3O4. The van der Waals surface area contributed by atoms with Crippen LogP contribution in [-0.4, -0.2) is 48.1 Å². The maximum Gasteiger partial charge on any atom is 0.256 e. The van der Waals surface area contributed by atoms with E-state index in [1.165, 1.54) is 12.5 Å². The number of hydrogen-bond donors (Lipinski definition) is 3. The van der Waals surface area contributed by atoms with Gasteiger partial charge in [0.1, 0.15) is 16.9 Å². The summed E-state index contributed by atoms with van der Waals surface area (Å²) in [7, 11) is 4.04. The number of aryl methyl sites for hydroxylation is 1.